The molecule has 0 saturated heterocycles. The maximum atomic E-state index is 9.14. The molecule has 1 heterocycles. The SMILES string of the molecule is C=CCC1C(C#N)=C(N)Oc2ccc(Br)cc21. The highest BCUT2D eigenvalue weighted by molar-refractivity contribution is 9.10. The average Bonchev–Trinajstić information content (AvgIpc) is 2.30. The van der Waals surface area contributed by atoms with Gasteiger partial charge < -0.3 is 10.5 Å². The summed E-state index contributed by atoms with van der Waals surface area (Å²) in [5.74, 6) is 0.824. The summed E-state index contributed by atoms with van der Waals surface area (Å²) in [5.41, 5.74) is 7.18. The molecule has 0 saturated carbocycles. The number of hydrogen-bond acceptors (Lipinski definition) is 3. The molecule has 1 aromatic rings. The zero-order valence-electron chi connectivity index (χ0n) is 9.11. The Balaban J connectivity index is 2.57. The Kier molecular flexibility index (Phi) is 3.21. The van der Waals surface area contributed by atoms with Gasteiger partial charge in [0.2, 0.25) is 5.88 Å². The average molecular weight is 291 g/mol. The zero-order chi connectivity index (χ0) is 12.4. The molecular formula is C13H11BrN2O. The molecule has 1 unspecified atom stereocenters. The predicted octanol–water partition coefficient (Wildman–Crippen LogP) is 3.20. The second-order valence-corrected chi connectivity index (χ2v) is 4.67. The number of fused-ring (bicyclic) bond motifs is 1. The predicted molar refractivity (Wildman–Crippen MR) is 69.2 cm³/mol. The normalized spacial score (nSPS) is 18.0. The van der Waals surface area contributed by atoms with Crippen molar-refractivity contribution >= 4 is 15.9 Å². The van der Waals surface area contributed by atoms with Gasteiger partial charge >= 0.3 is 0 Å². The van der Waals surface area contributed by atoms with Crippen LogP contribution >= 0.6 is 15.9 Å². The van der Waals surface area contributed by atoms with E-state index in [-0.39, 0.29) is 11.8 Å². The summed E-state index contributed by atoms with van der Waals surface area (Å²) in [7, 11) is 0. The number of nitrogens with two attached hydrogens (primary N) is 1. The Hall–Kier alpha value is -1.73. The molecular weight excluding hydrogens is 280 g/mol. The van der Waals surface area contributed by atoms with E-state index in [0.29, 0.717) is 17.7 Å². The Morgan fingerprint density at radius 3 is 3.00 bits per heavy atom. The molecule has 1 atom stereocenters. The van der Waals surface area contributed by atoms with Gasteiger partial charge in [-0.2, -0.15) is 5.26 Å². The first-order valence-corrected chi connectivity index (χ1v) is 5.94. The van der Waals surface area contributed by atoms with E-state index in [4.69, 9.17) is 15.7 Å². The lowest BCUT2D eigenvalue weighted by Crippen LogP contribution is -2.20. The number of hydrogen-bond donors (Lipinski definition) is 1. The summed E-state index contributed by atoms with van der Waals surface area (Å²) >= 11 is 3.41. The summed E-state index contributed by atoms with van der Waals surface area (Å²) in [6.07, 6.45) is 2.45. The minimum absolute atomic E-state index is 0.0706. The van der Waals surface area contributed by atoms with E-state index in [1.54, 1.807) is 6.08 Å². The molecule has 4 heteroatoms. The fourth-order valence-corrected chi connectivity index (χ4v) is 2.31. The number of nitriles is 1. The highest BCUT2D eigenvalue weighted by atomic mass is 79.9. The molecule has 1 aromatic carbocycles. The molecule has 1 aliphatic rings. The molecule has 0 radical (unpaired) electrons. The quantitative estimate of drug-likeness (QED) is 0.851. The molecule has 0 bridgehead atoms. The largest absolute Gasteiger partial charge is 0.440 e. The van der Waals surface area contributed by atoms with Crippen molar-refractivity contribution in [3.05, 3.63) is 52.3 Å². The summed E-state index contributed by atoms with van der Waals surface area (Å²) in [6.45, 7) is 3.72. The minimum atomic E-state index is -0.0706. The van der Waals surface area contributed by atoms with Crippen molar-refractivity contribution in [1.82, 2.24) is 0 Å². The molecule has 3 nitrogen and oxygen atoms in total. The van der Waals surface area contributed by atoms with Crippen LogP contribution in [0.2, 0.25) is 0 Å². The van der Waals surface area contributed by atoms with Crippen LogP contribution in [0, 0.1) is 11.3 Å². The lowest BCUT2D eigenvalue weighted by atomic mass is 9.87. The second-order valence-electron chi connectivity index (χ2n) is 3.75. The Labute approximate surface area is 108 Å². The molecule has 0 spiro atoms. The van der Waals surface area contributed by atoms with Crippen molar-refractivity contribution in [2.45, 2.75) is 12.3 Å². The van der Waals surface area contributed by atoms with E-state index >= 15 is 0 Å². The van der Waals surface area contributed by atoms with Gasteiger partial charge in [0, 0.05) is 16.0 Å². The fraction of sp³-hybridized carbons (Fsp3) is 0.154. The first-order valence-electron chi connectivity index (χ1n) is 5.15. The molecule has 2 N–H and O–H groups in total. The number of ether oxygens (including phenoxy) is 1. The van der Waals surface area contributed by atoms with E-state index in [0.717, 1.165) is 10.0 Å². The molecule has 0 fully saturated rings. The topological polar surface area (TPSA) is 59.0 Å². The van der Waals surface area contributed by atoms with Crippen LogP contribution in [0.15, 0.2) is 46.8 Å². The summed E-state index contributed by atoms with van der Waals surface area (Å²) in [6, 6.07) is 7.79. The molecule has 1 aliphatic heterocycles. The number of halogens is 1. The van der Waals surface area contributed by atoms with Gasteiger partial charge in [-0.1, -0.05) is 22.0 Å². The van der Waals surface area contributed by atoms with E-state index in [1.807, 2.05) is 18.2 Å². The number of benzene rings is 1. The highest BCUT2D eigenvalue weighted by Gasteiger charge is 2.28. The maximum absolute atomic E-state index is 9.14. The van der Waals surface area contributed by atoms with Gasteiger partial charge in [-0.25, -0.2) is 0 Å². The molecule has 0 aromatic heterocycles. The van der Waals surface area contributed by atoms with E-state index < -0.39 is 0 Å². The smallest absolute Gasteiger partial charge is 0.205 e. The first kappa shape index (κ1) is 11.7. The summed E-state index contributed by atoms with van der Waals surface area (Å²) in [4.78, 5) is 0. The van der Waals surface area contributed by atoms with Crippen LogP contribution in [0.25, 0.3) is 0 Å². The van der Waals surface area contributed by atoms with Crippen molar-refractivity contribution in [2.24, 2.45) is 5.73 Å². The van der Waals surface area contributed by atoms with Crippen molar-refractivity contribution in [3.8, 4) is 11.8 Å². The maximum Gasteiger partial charge on any atom is 0.205 e. The lowest BCUT2D eigenvalue weighted by Gasteiger charge is -2.25. The van der Waals surface area contributed by atoms with Crippen LogP contribution in [0.5, 0.6) is 5.75 Å². The van der Waals surface area contributed by atoms with Crippen LogP contribution in [-0.4, -0.2) is 0 Å². The van der Waals surface area contributed by atoms with Crippen LogP contribution in [-0.2, 0) is 0 Å². The van der Waals surface area contributed by atoms with Crippen molar-refractivity contribution in [2.75, 3.05) is 0 Å². The summed E-state index contributed by atoms with van der Waals surface area (Å²) in [5, 5.41) is 9.14. The Bertz CT molecular complexity index is 543. The van der Waals surface area contributed by atoms with Gasteiger partial charge in [0.1, 0.15) is 11.8 Å². The standard InChI is InChI=1S/C13H11BrN2O/c1-2-3-9-10-6-8(14)4-5-12(10)17-13(16)11(9)7-15/h2,4-6,9H,1,3,16H2. The van der Waals surface area contributed by atoms with E-state index in [2.05, 4.69) is 28.6 Å². The third-order valence-electron chi connectivity index (χ3n) is 2.70. The second kappa shape index (κ2) is 4.64. The van der Waals surface area contributed by atoms with Gasteiger partial charge in [-0.3, -0.25) is 0 Å². The van der Waals surface area contributed by atoms with Crippen LogP contribution in [0.3, 0.4) is 0 Å². The van der Waals surface area contributed by atoms with E-state index in [1.165, 1.54) is 0 Å². The Morgan fingerprint density at radius 1 is 1.59 bits per heavy atom. The van der Waals surface area contributed by atoms with Gasteiger partial charge in [0.15, 0.2) is 0 Å². The van der Waals surface area contributed by atoms with Crippen LogP contribution in [0.1, 0.15) is 17.9 Å². The third-order valence-corrected chi connectivity index (χ3v) is 3.20. The van der Waals surface area contributed by atoms with Gasteiger partial charge in [-0.15, -0.1) is 6.58 Å². The number of rotatable bonds is 2. The van der Waals surface area contributed by atoms with Crippen molar-refractivity contribution < 1.29 is 4.74 Å². The first-order chi connectivity index (χ1) is 8.17. The highest BCUT2D eigenvalue weighted by Crippen LogP contribution is 2.41. The number of allylic oxidation sites excluding steroid dienone is 2. The van der Waals surface area contributed by atoms with Crippen LogP contribution < -0.4 is 10.5 Å². The Morgan fingerprint density at radius 2 is 2.35 bits per heavy atom. The number of nitrogens with zero attached hydrogens (tertiary/aromatic N) is 1. The van der Waals surface area contributed by atoms with Crippen LogP contribution in [0.4, 0.5) is 0 Å². The fourth-order valence-electron chi connectivity index (χ4n) is 1.93. The third kappa shape index (κ3) is 2.06. The molecule has 2 rings (SSSR count). The van der Waals surface area contributed by atoms with Crippen molar-refractivity contribution in [1.29, 1.82) is 5.26 Å². The minimum Gasteiger partial charge on any atom is -0.440 e. The van der Waals surface area contributed by atoms with Crippen molar-refractivity contribution in [3.63, 3.8) is 0 Å². The lowest BCUT2D eigenvalue weighted by molar-refractivity contribution is 0.388. The van der Waals surface area contributed by atoms with Gasteiger partial charge in [-0.05, 0) is 24.6 Å². The molecule has 17 heavy (non-hydrogen) atoms. The van der Waals surface area contributed by atoms with E-state index in [9.17, 15) is 0 Å². The van der Waals surface area contributed by atoms with Gasteiger partial charge in [0.05, 0.1) is 5.57 Å². The molecule has 0 aliphatic carbocycles. The summed E-state index contributed by atoms with van der Waals surface area (Å²) < 4.78 is 6.40. The molecule has 86 valence electrons. The molecule has 0 amide bonds. The van der Waals surface area contributed by atoms with Gasteiger partial charge in [0.25, 0.3) is 0 Å². The zero-order valence-corrected chi connectivity index (χ0v) is 10.7. The monoisotopic (exact) mass is 290 g/mol.